The van der Waals surface area contributed by atoms with Crippen LogP contribution in [0.5, 0.6) is 0 Å². The normalized spacial score (nSPS) is 15.7. The van der Waals surface area contributed by atoms with Gasteiger partial charge in [0.1, 0.15) is 0 Å². The van der Waals surface area contributed by atoms with Crippen LogP contribution in [0.15, 0.2) is 24.3 Å². The van der Waals surface area contributed by atoms with E-state index in [2.05, 4.69) is 0 Å². The standard InChI is InChI=1S/C14H22N2O3S/c1-2-19-8-9-20(17,18)16(14-6-7-14)11-12-4-3-5-13(15)10-12/h3-5,10,14H,2,6-9,11,15H2,1H3. The van der Waals surface area contributed by atoms with Gasteiger partial charge in [0.05, 0.1) is 12.4 Å². The Bertz CT molecular complexity index is 541. The highest BCUT2D eigenvalue weighted by Gasteiger charge is 2.36. The molecule has 2 rings (SSSR count). The van der Waals surface area contributed by atoms with E-state index in [9.17, 15) is 8.42 Å². The molecule has 0 bridgehead atoms. The van der Waals surface area contributed by atoms with Crippen molar-refractivity contribution in [3.05, 3.63) is 29.8 Å². The molecule has 112 valence electrons. The molecule has 1 aliphatic rings. The molecule has 0 atom stereocenters. The summed E-state index contributed by atoms with van der Waals surface area (Å²) in [7, 11) is -3.27. The van der Waals surface area contributed by atoms with E-state index >= 15 is 0 Å². The molecule has 1 aromatic carbocycles. The second-order valence-corrected chi connectivity index (χ2v) is 7.08. The van der Waals surface area contributed by atoms with E-state index in [0.717, 1.165) is 18.4 Å². The van der Waals surface area contributed by atoms with Crippen molar-refractivity contribution in [2.24, 2.45) is 0 Å². The van der Waals surface area contributed by atoms with Crippen LogP contribution in [0.2, 0.25) is 0 Å². The van der Waals surface area contributed by atoms with Gasteiger partial charge < -0.3 is 10.5 Å². The molecule has 0 amide bonds. The van der Waals surface area contributed by atoms with E-state index in [1.54, 1.807) is 10.4 Å². The molecule has 0 unspecified atom stereocenters. The molecule has 0 radical (unpaired) electrons. The van der Waals surface area contributed by atoms with Gasteiger partial charge in [-0.1, -0.05) is 12.1 Å². The van der Waals surface area contributed by atoms with Crippen molar-refractivity contribution in [2.75, 3.05) is 24.7 Å². The lowest BCUT2D eigenvalue weighted by molar-refractivity contribution is 0.162. The van der Waals surface area contributed by atoms with E-state index in [1.807, 2.05) is 25.1 Å². The maximum absolute atomic E-state index is 12.4. The van der Waals surface area contributed by atoms with Gasteiger partial charge in [-0.2, -0.15) is 4.31 Å². The maximum Gasteiger partial charge on any atom is 0.216 e. The average Bonchev–Trinajstić information content (AvgIpc) is 3.20. The highest BCUT2D eigenvalue weighted by atomic mass is 32.2. The molecule has 1 saturated carbocycles. The zero-order chi connectivity index (χ0) is 14.6. The van der Waals surface area contributed by atoms with Crippen LogP contribution in [0, 0.1) is 0 Å². The van der Waals surface area contributed by atoms with Crippen LogP contribution in [0.1, 0.15) is 25.3 Å². The quantitative estimate of drug-likeness (QED) is 0.584. The minimum Gasteiger partial charge on any atom is -0.399 e. The summed E-state index contributed by atoms with van der Waals surface area (Å²) in [5.74, 6) is 0.0413. The van der Waals surface area contributed by atoms with Gasteiger partial charge in [-0.05, 0) is 37.5 Å². The topological polar surface area (TPSA) is 72.6 Å². The Morgan fingerprint density at radius 1 is 1.40 bits per heavy atom. The molecule has 0 spiro atoms. The van der Waals surface area contributed by atoms with Gasteiger partial charge in [-0.25, -0.2) is 8.42 Å². The summed E-state index contributed by atoms with van der Waals surface area (Å²) in [4.78, 5) is 0. The number of nitrogens with zero attached hydrogens (tertiary/aromatic N) is 1. The molecule has 6 heteroatoms. The Hall–Kier alpha value is -1.11. The predicted molar refractivity (Wildman–Crippen MR) is 79.7 cm³/mol. The second kappa shape index (κ2) is 6.56. The van der Waals surface area contributed by atoms with E-state index < -0.39 is 10.0 Å². The summed E-state index contributed by atoms with van der Waals surface area (Å²) >= 11 is 0. The van der Waals surface area contributed by atoms with Crippen molar-refractivity contribution < 1.29 is 13.2 Å². The van der Waals surface area contributed by atoms with Crippen LogP contribution in [0.25, 0.3) is 0 Å². The maximum atomic E-state index is 12.4. The average molecular weight is 298 g/mol. The SMILES string of the molecule is CCOCCS(=O)(=O)N(Cc1cccc(N)c1)C1CC1. The zero-order valence-corrected chi connectivity index (χ0v) is 12.6. The smallest absolute Gasteiger partial charge is 0.216 e. The molecule has 1 fully saturated rings. The fourth-order valence-corrected chi connectivity index (χ4v) is 3.69. The number of nitrogen functional groups attached to an aromatic ring is 1. The first kappa shape index (κ1) is 15.3. The van der Waals surface area contributed by atoms with E-state index in [0.29, 0.717) is 18.8 Å². The molecule has 1 aromatic rings. The molecule has 0 saturated heterocycles. The van der Waals surface area contributed by atoms with Crippen LogP contribution in [-0.4, -0.2) is 37.7 Å². The summed E-state index contributed by atoms with van der Waals surface area (Å²) < 4.78 is 31.5. The third kappa shape index (κ3) is 4.19. The molecule has 0 aromatic heterocycles. The van der Waals surface area contributed by atoms with Crippen LogP contribution >= 0.6 is 0 Å². The molecule has 1 aliphatic carbocycles. The van der Waals surface area contributed by atoms with Gasteiger partial charge in [0.25, 0.3) is 0 Å². The van der Waals surface area contributed by atoms with E-state index in [1.165, 1.54) is 0 Å². The Balaban J connectivity index is 2.07. The van der Waals surface area contributed by atoms with Crippen molar-refractivity contribution in [1.29, 1.82) is 0 Å². The van der Waals surface area contributed by atoms with Crippen LogP contribution in [0.3, 0.4) is 0 Å². The van der Waals surface area contributed by atoms with Gasteiger partial charge in [0, 0.05) is 24.9 Å². The third-order valence-corrected chi connectivity index (χ3v) is 5.12. The highest BCUT2D eigenvalue weighted by Crippen LogP contribution is 2.31. The highest BCUT2D eigenvalue weighted by molar-refractivity contribution is 7.89. The predicted octanol–water partition coefficient (Wildman–Crippen LogP) is 1.60. The monoisotopic (exact) mass is 298 g/mol. The van der Waals surface area contributed by atoms with E-state index in [4.69, 9.17) is 10.5 Å². The molecule has 20 heavy (non-hydrogen) atoms. The number of benzene rings is 1. The van der Waals surface area contributed by atoms with Crippen molar-refractivity contribution in [1.82, 2.24) is 4.31 Å². The number of anilines is 1. The third-order valence-electron chi connectivity index (χ3n) is 3.29. The first-order valence-electron chi connectivity index (χ1n) is 6.94. The lowest BCUT2D eigenvalue weighted by atomic mass is 10.2. The minimum atomic E-state index is -3.27. The molecular formula is C14H22N2O3S. The molecule has 2 N–H and O–H groups in total. The number of nitrogens with two attached hydrogens (primary N) is 1. The Morgan fingerprint density at radius 3 is 2.75 bits per heavy atom. The van der Waals surface area contributed by atoms with Crippen LogP contribution < -0.4 is 5.73 Å². The van der Waals surface area contributed by atoms with Crippen molar-refractivity contribution in [3.8, 4) is 0 Å². The van der Waals surface area contributed by atoms with Gasteiger partial charge in [0.2, 0.25) is 10.0 Å². The van der Waals surface area contributed by atoms with Gasteiger partial charge in [-0.15, -0.1) is 0 Å². The number of rotatable bonds is 8. The zero-order valence-electron chi connectivity index (χ0n) is 11.8. The largest absolute Gasteiger partial charge is 0.399 e. The summed E-state index contributed by atoms with van der Waals surface area (Å²) in [6, 6.07) is 7.53. The van der Waals surface area contributed by atoms with Crippen LogP contribution in [0.4, 0.5) is 5.69 Å². The first-order valence-corrected chi connectivity index (χ1v) is 8.55. The summed E-state index contributed by atoms with van der Waals surface area (Å²) in [6.45, 7) is 3.04. The van der Waals surface area contributed by atoms with Crippen molar-refractivity contribution in [2.45, 2.75) is 32.4 Å². The number of ether oxygens (including phenoxy) is 1. The van der Waals surface area contributed by atoms with Crippen molar-refractivity contribution in [3.63, 3.8) is 0 Å². The molecule has 0 aliphatic heterocycles. The lowest BCUT2D eigenvalue weighted by Gasteiger charge is -2.22. The Morgan fingerprint density at radius 2 is 2.15 bits per heavy atom. The van der Waals surface area contributed by atoms with Crippen LogP contribution in [-0.2, 0) is 21.3 Å². The summed E-state index contributed by atoms with van der Waals surface area (Å²) in [5.41, 5.74) is 7.33. The van der Waals surface area contributed by atoms with Gasteiger partial charge >= 0.3 is 0 Å². The lowest BCUT2D eigenvalue weighted by Crippen LogP contribution is -2.35. The minimum absolute atomic E-state index is 0.0413. The Labute approximate surface area is 120 Å². The molecular weight excluding hydrogens is 276 g/mol. The van der Waals surface area contributed by atoms with Gasteiger partial charge in [0.15, 0.2) is 0 Å². The van der Waals surface area contributed by atoms with Gasteiger partial charge in [-0.3, -0.25) is 0 Å². The van der Waals surface area contributed by atoms with Crippen molar-refractivity contribution >= 4 is 15.7 Å². The molecule has 0 heterocycles. The fourth-order valence-electron chi connectivity index (χ4n) is 2.11. The summed E-state index contributed by atoms with van der Waals surface area (Å²) in [5, 5.41) is 0. The first-order chi connectivity index (χ1) is 9.53. The number of hydrogen-bond donors (Lipinski definition) is 1. The summed E-state index contributed by atoms with van der Waals surface area (Å²) in [6.07, 6.45) is 1.88. The van der Waals surface area contributed by atoms with E-state index in [-0.39, 0.29) is 18.4 Å². The fraction of sp³-hybridized carbons (Fsp3) is 0.571. The molecule has 5 nitrogen and oxygen atoms in total. The number of hydrogen-bond acceptors (Lipinski definition) is 4. The number of sulfonamides is 1. The Kier molecular flexibility index (Phi) is 5.01. The second-order valence-electron chi connectivity index (χ2n) is 5.03.